The lowest BCUT2D eigenvalue weighted by Gasteiger charge is -2.08. The van der Waals surface area contributed by atoms with Crippen molar-refractivity contribution in [2.45, 2.75) is 48.6 Å². The second kappa shape index (κ2) is 10.4. The number of carbonyl (C=O) groups is 1. The summed E-state index contributed by atoms with van der Waals surface area (Å²) in [7, 11) is 0. The summed E-state index contributed by atoms with van der Waals surface area (Å²) in [6.07, 6.45) is 7.48. The van der Waals surface area contributed by atoms with Gasteiger partial charge in [0.25, 0.3) is 0 Å². The van der Waals surface area contributed by atoms with Gasteiger partial charge in [-0.3, -0.25) is 9.89 Å². The first-order valence-electron chi connectivity index (χ1n) is 9.17. The van der Waals surface area contributed by atoms with E-state index in [1.807, 2.05) is 24.3 Å². The Morgan fingerprint density at radius 2 is 2.11 bits per heavy atom. The highest BCUT2D eigenvalue weighted by atomic mass is 32.2. The molecular formula is C19H23N5OS2. The molecule has 1 fully saturated rings. The van der Waals surface area contributed by atoms with Crippen LogP contribution in [0, 0.1) is 17.2 Å². The van der Waals surface area contributed by atoms with Crippen LogP contribution in [-0.2, 0) is 11.2 Å². The van der Waals surface area contributed by atoms with Gasteiger partial charge in [0.2, 0.25) is 11.1 Å². The number of aryl methyl sites for hydroxylation is 1. The maximum absolute atomic E-state index is 12.2. The first kappa shape index (κ1) is 19.8. The number of anilines is 1. The van der Waals surface area contributed by atoms with Gasteiger partial charge in [-0.25, -0.2) is 4.98 Å². The Kier molecular flexibility index (Phi) is 7.60. The van der Waals surface area contributed by atoms with Crippen LogP contribution in [0.2, 0.25) is 0 Å². The molecule has 0 spiro atoms. The summed E-state index contributed by atoms with van der Waals surface area (Å²) in [5, 5.41) is 19.4. The van der Waals surface area contributed by atoms with Crippen molar-refractivity contribution in [1.82, 2.24) is 15.2 Å². The molecule has 1 heterocycles. The number of H-pyrrole nitrogens is 1. The fourth-order valence-corrected chi connectivity index (χ4v) is 4.50. The van der Waals surface area contributed by atoms with Crippen molar-refractivity contribution in [3.63, 3.8) is 0 Å². The molecule has 0 unspecified atom stereocenters. The van der Waals surface area contributed by atoms with E-state index < -0.39 is 0 Å². The maximum Gasteiger partial charge on any atom is 0.234 e. The third-order valence-electron chi connectivity index (χ3n) is 4.56. The number of carbonyl (C=O) groups excluding carboxylic acids is 1. The van der Waals surface area contributed by atoms with Crippen molar-refractivity contribution in [2.24, 2.45) is 5.92 Å². The summed E-state index contributed by atoms with van der Waals surface area (Å²) in [6, 6.07) is 9.60. The third kappa shape index (κ3) is 6.29. The highest BCUT2D eigenvalue weighted by Gasteiger charge is 2.16. The monoisotopic (exact) mass is 401 g/mol. The number of amides is 1. The highest BCUT2D eigenvalue weighted by molar-refractivity contribution is 8.00. The number of benzene rings is 1. The SMILES string of the molecule is N#CCSc1ccccc1NC(=O)CSc1n[nH]c(CCC2CCCC2)n1. The molecule has 6 nitrogen and oxygen atoms in total. The van der Waals surface area contributed by atoms with Crippen LogP contribution in [-0.4, -0.2) is 32.6 Å². The summed E-state index contributed by atoms with van der Waals surface area (Å²) < 4.78 is 0. The van der Waals surface area contributed by atoms with E-state index in [1.165, 1.54) is 49.2 Å². The largest absolute Gasteiger partial charge is 0.324 e. The van der Waals surface area contributed by atoms with Crippen LogP contribution in [0.5, 0.6) is 0 Å². The van der Waals surface area contributed by atoms with Gasteiger partial charge in [-0.05, 0) is 24.5 Å². The Labute approximate surface area is 167 Å². The first-order valence-corrected chi connectivity index (χ1v) is 11.1. The zero-order valence-electron chi connectivity index (χ0n) is 15.1. The molecule has 8 heteroatoms. The molecule has 0 saturated heterocycles. The summed E-state index contributed by atoms with van der Waals surface area (Å²) in [5.41, 5.74) is 0.732. The number of nitrogens with one attached hydrogen (secondary N) is 2. The molecule has 1 aromatic heterocycles. The van der Waals surface area contributed by atoms with Gasteiger partial charge < -0.3 is 5.32 Å². The van der Waals surface area contributed by atoms with Gasteiger partial charge in [-0.15, -0.1) is 16.9 Å². The lowest BCUT2D eigenvalue weighted by atomic mass is 10.0. The second-order valence-corrected chi connectivity index (χ2v) is 8.49. The molecule has 1 aromatic carbocycles. The number of hydrogen-bond acceptors (Lipinski definition) is 6. The van der Waals surface area contributed by atoms with Crippen molar-refractivity contribution in [3.8, 4) is 6.07 Å². The predicted octanol–water partition coefficient (Wildman–Crippen LogP) is 4.27. The minimum atomic E-state index is -0.109. The van der Waals surface area contributed by atoms with Gasteiger partial charge >= 0.3 is 0 Å². The molecule has 142 valence electrons. The van der Waals surface area contributed by atoms with E-state index in [2.05, 4.69) is 26.6 Å². The quantitative estimate of drug-likeness (QED) is 0.609. The molecule has 1 aliphatic carbocycles. The third-order valence-corrected chi connectivity index (χ3v) is 6.35. The lowest BCUT2D eigenvalue weighted by Crippen LogP contribution is -2.14. The number of aromatic amines is 1. The Bertz CT molecular complexity index is 795. The molecule has 3 rings (SSSR count). The van der Waals surface area contributed by atoms with E-state index in [-0.39, 0.29) is 11.7 Å². The van der Waals surface area contributed by atoms with E-state index in [0.717, 1.165) is 35.2 Å². The number of nitriles is 1. The molecule has 0 aliphatic heterocycles. The average molecular weight is 402 g/mol. The van der Waals surface area contributed by atoms with Gasteiger partial charge in [0.1, 0.15) is 5.82 Å². The Morgan fingerprint density at radius 3 is 2.93 bits per heavy atom. The summed E-state index contributed by atoms with van der Waals surface area (Å²) >= 11 is 2.74. The normalized spacial score (nSPS) is 14.2. The fourth-order valence-electron chi connectivity index (χ4n) is 3.22. The molecule has 27 heavy (non-hydrogen) atoms. The number of nitrogens with zero attached hydrogens (tertiary/aromatic N) is 3. The van der Waals surface area contributed by atoms with Gasteiger partial charge in [0.05, 0.1) is 23.3 Å². The minimum Gasteiger partial charge on any atom is -0.324 e. The molecule has 1 aliphatic rings. The molecule has 2 aromatic rings. The standard InChI is InChI=1S/C19H23N5OS2/c20-11-12-26-16-8-4-3-7-15(16)21-18(25)13-27-19-22-17(23-24-19)10-9-14-5-1-2-6-14/h3-4,7-8,14H,1-2,5-6,9-10,12-13H2,(H,21,25)(H,22,23,24). The number of thioether (sulfide) groups is 2. The van der Waals surface area contributed by atoms with Crippen molar-refractivity contribution >= 4 is 35.1 Å². The van der Waals surface area contributed by atoms with Crippen molar-refractivity contribution in [1.29, 1.82) is 5.26 Å². The van der Waals surface area contributed by atoms with Crippen LogP contribution in [0.3, 0.4) is 0 Å². The molecule has 2 N–H and O–H groups in total. The van der Waals surface area contributed by atoms with E-state index in [0.29, 0.717) is 10.9 Å². The summed E-state index contributed by atoms with van der Waals surface area (Å²) in [6.45, 7) is 0. The van der Waals surface area contributed by atoms with Crippen LogP contribution in [0.15, 0.2) is 34.3 Å². The summed E-state index contributed by atoms with van der Waals surface area (Å²) in [5.74, 6) is 2.22. The Morgan fingerprint density at radius 1 is 1.30 bits per heavy atom. The van der Waals surface area contributed by atoms with Crippen molar-refractivity contribution in [2.75, 3.05) is 16.8 Å². The van der Waals surface area contributed by atoms with E-state index in [9.17, 15) is 4.79 Å². The second-order valence-electron chi connectivity index (χ2n) is 6.53. The van der Waals surface area contributed by atoms with Gasteiger partial charge in [0, 0.05) is 11.3 Å². The predicted molar refractivity (Wildman–Crippen MR) is 109 cm³/mol. The molecule has 0 radical (unpaired) electrons. The average Bonchev–Trinajstić information content (AvgIpc) is 3.36. The zero-order chi connectivity index (χ0) is 18.9. The number of para-hydroxylation sites is 1. The smallest absolute Gasteiger partial charge is 0.234 e. The first-order chi connectivity index (χ1) is 13.2. The number of rotatable bonds is 9. The number of aromatic nitrogens is 3. The van der Waals surface area contributed by atoms with Gasteiger partial charge in [-0.2, -0.15) is 5.26 Å². The van der Waals surface area contributed by atoms with Crippen LogP contribution in [0.4, 0.5) is 5.69 Å². The van der Waals surface area contributed by atoms with Crippen LogP contribution >= 0.6 is 23.5 Å². The maximum atomic E-state index is 12.2. The van der Waals surface area contributed by atoms with Gasteiger partial charge in [0.15, 0.2) is 0 Å². The minimum absolute atomic E-state index is 0.109. The Balaban J connectivity index is 1.45. The molecule has 0 bridgehead atoms. The molecule has 1 saturated carbocycles. The van der Waals surface area contributed by atoms with Gasteiger partial charge in [-0.1, -0.05) is 49.6 Å². The van der Waals surface area contributed by atoms with E-state index in [4.69, 9.17) is 5.26 Å². The number of hydrogen-bond donors (Lipinski definition) is 2. The molecule has 0 atom stereocenters. The molecule has 1 amide bonds. The Hall–Kier alpha value is -1.98. The van der Waals surface area contributed by atoms with Crippen molar-refractivity contribution in [3.05, 3.63) is 30.1 Å². The van der Waals surface area contributed by atoms with E-state index in [1.54, 1.807) is 0 Å². The molecular weight excluding hydrogens is 378 g/mol. The van der Waals surface area contributed by atoms with Crippen molar-refractivity contribution < 1.29 is 4.79 Å². The van der Waals surface area contributed by atoms with Crippen LogP contribution in [0.25, 0.3) is 0 Å². The summed E-state index contributed by atoms with van der Waals surface area (Å²) in [4.78, 5) is 17.6. The van der Waals surface area contributed by atoms with E-state index >= 15 is 0 Å². The highest BCUT2D eigenvalue weighted by Crippen LogP contribution is 2.29. The fraction of sp³-hybridized carbons (Fsp3) is 0.474. The lowest BCUT2D eigenvalue weighted by molar-refractivity contribution is -0.113. The van der Waals surface area contributed by atoms with Crippen LogP contribution < -0.4 is 5.32 Å². The van der Waals surface area contributed by atoms with Crippen LogP contribution in [0.1, 0.15) is 37.9 Å². The topological polar surface area (TPSA) is 94.5 Å². The zero-order valence-corrected chi connectivity index (χ0v) is 16.7.